The number of fused-ring (bicyclic) bond motifs is 1. The minimum atomic E-state index is -3.60. The van der Waals surface area contributed by atoms with Gasteiger partial charge in [0.05, 0.1) is 5.75 Å². The Hall–Kier alpha value is -0.460. The van der Waals surface area contributed by atoms with Gasteiger partial charge in [-0.25, -0.2) is 8.42 Å². The number of benzene rings is 1. The van der Waals surface area contributed by atoms with E-state index in [0.717, 1.165) is 4.47 Å². The standard InChI is InChI=1S/C8H6BrClO4S/c9-6-1-5(3-15(10,11)12)8-7(2-6)13-4-14-8/h1-2H,3-4H2. The van der Waals surface area contributed by atoms with E-state index >= 15 is 0 Å². The number of halogens is 2. The molecule has 0 N–H and O–H groups in total. The molecule has 1 aromatic carbocycles. The Bertz CT molecular complexity index is 500. The van der Waals surface area contributed by atoms with Crippen LogP contribution in [0.3, 0.4) is 0 Å². The summed E-state index contributed by atoms with van der Waals surface area (Å²) < 4.78 is 33.0. The lowest BCUT2D eigenvalue weighted by Crippen LogP contribution is -1.98. The van der Waals surface area contributed by atoms with Gasteiger partial charge >= 0.3 is 0 Å². The van der Waals surface area contributed by atoms with Crippen LogP contribution in [0.15, 0.2) is 16.6 Å². The monoisotopic (exact) mass is 312 g/mol. The molecule has 0 aromatic heterocycles. The Morgan fingerprint density at radius 3 is 2.80 bits per heavy atom. The molecule has 82 valence electrons. The highest BCUT2D eigenvalue weighted by Gasteiger charge is 2.21. The molecule has 0 bridgehead atoms. The number of hydrogen-bond acceptors (Lipinski definition) is 4. The SMILES string of the molecule is O=S(=O)(Cl)Cc1cc(Br)cc2c1OCO2. The summed E-state index contributed by atoms with van der Waals surface area (Å²) in [5.41, 5.74) is 0.492. The largest absolute Gasteiger partial charge is 0.454 e. The van der Waals surface area contributed by atoms with Crippen LogP contribution in [-0.4, -0.2) is 15.2 Å². The molecule has 0 amide bonds. The van der Waals surface area contributed by atoms with Crippen molar-refractivity contribution in [2.24, 2.45) is 0 Å². The molecule has 15 heavy (non-hydrogen) atoms. The molecule has 0 saturated carbocycles. The van der Waals surface area contributed by atoms with Crippen LogP contribution in [0.1, 0.15) is 5.56 Å². The Kier molecular flexibility index (Phi) is 2.83. The van der Waals surface area contributed by atoms with E-state index in [4.69, 9.17) is 20.2 Å². The zero-order chi connectivity index (χ0) is 11.1. The van der Waals surface area contributed by atoms with E-state index in [-0.39, 0.29) is 12.5 Å². The van der Waals surface area contributed by atoms with Crippen molar-refractivity contribution >= 4 is 35.7 Å². The smallest absolute Gasteiger partial charge is 0.236 e. The van der Waals surface area contributed by atoms with Crippen molar-refractivity contribution in [2.75, 3.05) is 6.79 Å². The van der Waals surface area contributed by atoms with E-state index in [1.165, 1.54) is 0 Å². The summed E-state index contributed by atoms with van der Waals surface area (Å²) in [6, 6.07) is 3.36. The highest BCUT2D eigenvalue weighted by molar-refractivity contribution is 9.10. The molecule has 1 aliphatic rings. The van der Waals surface area contributed by atoms with Gasteiger partial charge < -0.3 is 9.47 Å². The molecule has 4 nitrogen and oxygen atoms in total. The lowest BCUT2D eigenvalue weighted by Gasteiger charge is -2.04. The van der Waals surface area contributed by atoms with Crippen LogP contribution in [0.25, 0.3) is 0 Å². The number of rotatable bonds is 2. The van der Waals surface area contributed by atoms with Gasteiger partial charge in [0, 0.05) is 20.7 Å². The summed E-state index contributed by atoms with van der Waals surface area (Å²) in [7, 11) is 1.58. The second-order valence-electron chi connectivity index (χ2n) is 2.98. The Balaban J connectivity index is 2.47. The van der Waals surface area contributed by atoms with Crippen LogP contribution in [-0.2, 0) is 14.8 Å². The summed E-state index contributed by atoms with van der Waals surface area (Å²) in [4.78, 5) is 0. The fourth-order valence-corrected chi connectivity index (χ4v) is 2.76. The zero-order valence-electron chi connectivity index (χ0n) is 7.37. The highest BCUT2D eigenvalue weighted by atomic mass is 79.9. The quantitative estimate of drug-likeness (QED) is 0.786. The zero-order valence-corrected chi connectivity index (χ0v) is 10.5. The van der Waals surface area contributed by atoms with Gasteiger partial charge in [-0.2, -0.15) is 0 Å². The van der Waals surface area contributed by atoms with Gasteiger partial charge in [0.2, 0.25) is 15.8 Å². The van der Waals surface area contributed by atoms with E-state index in [1.54, 1.807) is 12.1 Å². The van der Waals surface area contributed by atoms with Crippen molar-refractivity contribution in [1.29, 1.82) is 0 Å². The average Bonchev–Trinajstić information content (AvgIpc) is 2.48. The maximum absolute atomic E-state index is 11.0. The minimum absolute atomic E-state index is 0.0983. The van der Waals surface area contributed by atoms with Gasteiger partial charge in [-0.3, -0.25) is 0 Å². The average molecular weight is 314 g/mol. The predicted molar refractivity (Wildman–Crippen MR) is 58.7 cm³/mol. The first-order valence-electron chi connectivity index (χ1n) is 3.96. The maximum Gasteiger partial charge on any atom is 0.236 e. The molecule has 0 saturated heterocycles. The van der Waals surface area contributed by atoms with Crippen LogP contribution in [0.2, 0.25) is 0 Å². The first-order chi connectivity index (χ1) is 6.96. The van der Waals surface area contributed by atoms with Crippen molar-refractivity contribution in [3.63, 3.8) is 0 Å². The van der Waals surface area contributed by atoms with Crippen molar-refractivity contribution in [3.05, 3.63) is 22.2 Å². The van der Waals surface area contributed by atoms with E-state index in [0.29, 0.717) is 17.1 Å². The lowest BCUT2D eigenvalue weighted by molar-refractivity contribution is 0.173. The molecule has 0 fully saturated rings. The van der Waals surface area contributed by atoms with Crippen molar-refractivity contribution in [3.8, 4) is 11.5 Å². The topological polar surface area (TPSA) is 52.6 Å². The number of hydrogen-bond donors (Lipinski definition) is 0. The van der Waals surface area contributed by atoms with Gasteiger partial charge in [-0.05, 0) is 12.1 Å². The minimum Gasteiger partial charge on any atom is -0.454 e. The van der Waals surface area contributed by atoms with Crippen LogP contribution in [0.5, 0.6) is 11.5 Å². The van der Waals surface area contributed by atoms with Gasteiger partial charge in [0.15, 0.2) is 11.5 Å². The second kappa shape index (κ2) is 3.84. The third-order valence-corrected chi connectivity index (χ3v) is 3.28. The fraction of sp³-hybridized carbons (Fsp3) is 0.250. The molecule has 0 aliphatic carbocycles. The van der Waals surface area contributed by atoms with Gasteiger partial charge in [-0.15, -0.1) is 0 Å². The third kappa shape index (κ3) is 2.56. The molecular weight excluding hydrogens is 308 g/mol. The summed E-state index contributed by atoms with van der Waals surface area (Å²) >= 11 is 3.25. The Labute approximate surface area is 99.7 Å². The van der Waals surface area contributed by atoms with Crippen LogP contribution in [0.4, 0.5) is 0 Å². The molecule has 0 spiro atoms. The summed E-state index contributed by atoms with van der Waals surface area (Å²) in [6.07, 6.45) is 0. The molecule has 0 atom stereocenters. The van der Waals surface area contributed by atoms with Crippen molar-refractivity contribution in [2.45, 2.75) is 5.75 Å². The molecule has 2 rings (SSSR count). The Morgan fingerprint density at radius 1 is 1.40 bits per heavy atom. The first-order valence-corrected chi connectivity index (χ1v) is 7.23. The lowest BCUT2D eigenvalue weighted by atomic mass is 10.2. The molecule has 0 unspecified atom stereocenters. The molecular formula is C8H6BrClO4S. The molecule has 0 radical (unpaired) electrons. The summed E-state index contributed by atoms with van der Waals surface area (Å²) in [5, 5.41) is 0. The molecule has 1 aliphatic heterocycles. The molecule has 1 aromatic rings. The second-order valence-corrected chi connectivity index (χ2v) is 6.67. The summed E-state index contributed by atoms with van der Waals surface area (Å²) in [6.45, 7) is 0.0983. The predicted octanol–water partition coefficient (Wildman–Crippen LogP) is 2.25. The fourth-order valence-electron chi connectivity index (χ4n) is 1.34. The van der Waals surface area contributed by atoms with Crippen LogP contribution < -0.4 is 9.47 Å². The van der Waals surface area contributed by atoms with E-state index in [9.17, 15) is 8.42 Å². The molecule has 1 heterocycles. The first kappa shape index (κ1) is 11.0. The van der Waals surface area contributed by atoms with Gasteiger partial charge in [0.25, 0.3) is 0 Å². The normalized spacial score (nSPS) is 14.3. The Morgan fingerprint density at radius 2 is 2.13 bits per heavy atom. The van der Waals surface area contributed by atoms with E-state index in [2.05, 4.69) is 15.9 Å². The highest BCUT2D eigenvalue weighted by Crippen LogP contribution is 2.39. The van der Waals surface area contributed by atoms with Crippen molar-refractivity contribution in [1.82, 2.24) is 0 Å². The number of ether oxygens (including phenoxy) is 2. The van der Waals surface area contributed by atoms with Crippen LogP contribution >= 0.6 is 26.6 Å². The van der Waals surface area contributed by atoms with E-state index < -0.39 is 9.05 Å². The van der Waals surface area contributed by atoms with Gasteiger partial charge in [-0.1, -0.05) is 15.9 Å². The molecule has 7 heteroatoms. The van der Waals surface area contributed by atoms with E-state index in [1.807, 2.05) is 0 Å². The van der Waals surface area contributed by atoms with Gasteiger partial charge in [0.1, 0.15) is 0 Å². The summed E-state index contributed by atoms with van der Waals surface area (Å²) in [5.74, 6) is 0.696. The van der Waals surface area contributed by atoms with Crippen molar-refractivity contribution < 1.29 is 17.9 Å². The maximum atomic E-state index is 11.0. The third-order valence-electron chi connectivity index (χ3n) is 1.84. The van der Waals surface area contributed by atoms with Crippen LogP contribution in [0, 0.1) is 0 Å².